The van der Waals surface area contributed by atoms with Crippen molar-refractivity contribution in [3.8, 4) is 22.6 Å². The number of nitrogens with one attached hydrogen (secondary N) is 1. The minimum absolute atomic E-state index is 0.0922. The highest BCUT2D eigenvalue weighted by Gasteiger charge is 2.30. The molecule has 0 fully saturated rings. The van der Waals surface area contributed by atoms with Gasteiger partial charge in [-0.1, -0.05) is 18.2 Å². The summed E-state index contributed by atoms with van der Waals surface area (Å²) in [6.07, 6.45) is -1.21. The number of amides is 1. The molecule has 7 nitrogen and oxygen atoms in total. The molecule has 0 saturated heterocycles. The zero-order valence-corrected chi connectivity index (χ0v) is 17.4. The third-order valence-electron chi connectivity index (χ3n) is 5.05. The molecule has 10 heteroatoms. The maximum absolute atomic E-state index is 13.0. The third-order valence-corrected chi connectivity index (χ3v) is 5.05. The van der Waals surface area contributed by atoms with Crippen molar-refractivity contribution in [2.75, 3.05) is 5.32 Å². The van der Waals surface area contributed by atoms with E-state index in [-0.39, 0.29) is 5.56 Å². The average molecular weight is 460 g/mol. The molecule has 1 amide bonds. The topological polar surface area (TPSA) is 85.1 Å². The van der Waals surface area contributed by atoms with Crippen LogP contribution in [0.15, 0.2) is 85.2 Å². The Bertz CT molecular complexity index is 1500. The molecule has 2 aromatic carbocycles. The molecular formula is C24H15F3N6O. The van der Waals surface area contributed by atoms with Crippen molar-refractivity contribution in [1.82, 2.24) is 24.8 Å². The number of pyridine rings is 1. The van der Waals surface area contributed by atoms with Crippen molar-refractivity contribution in [3.05, 3.63) is 96.3 Å². The number of benzene rings is 2. The molecule has 168 valence electrons. The molecule has 0 saturated carbocycles. The van der Waals surface area contributed by atoms with Crippen molar-refractivity contribution in [2.45, 2.75) is 6.18 Å². The summed E-state index contributed by atoms with van der Waals surface area (Å²) in [5, 5.41) is 15.6. The molecule has 0 unspecified atom stereocenters. The van der Waals surface area contributed by atoms with Gasteiger partial charge < -0.3 is 5.32 Å². The first kappa shape index (κ1) is 21.3. The van der Waals surface area contributed by atoms with E-state index in [0.29, 0.717) is 28.4 Å². The zero-order chi connectivity index (χ0) is 23.7. The predicted molar refractivity (Wildman–Crippen MR) is 119 cm³/mol. The average Bonchev–Trinajstić information content (AvgIpc) is 3.28. The molecule has 0 aliphatic heterocycles. The highest BCUT2D eigenvalue weighted by molar-refractivity contribution is 6.04. The largest absolute Gasteiger partial charge is 0.416 e. The molecule has 5 rings (SSSR count). The minimum Gasteiger partial charge on any atom is -0.322 e. The standard InChI is InChI=1S/C24H15F3N6O/c25-24(26,27)18-7-1-5-16(12-18)23(34)29-19-8-2-4-15(13-19)20-9-10-21-30-31-22(33(21)32-20)17-6-3-11-28-14-17/h1-14H,(H,29,34). The van der Waals surface area contributed by atoms with Crippen LogP contribution >= 0.6 is 0 Å². The van der Waals surface area contributed by atoms with E-state index in [1.807, 2.05) is 12.1 Å². The Morgan fingerprint density at radius 2 is 1.71 bits per heavy atom. The van der Waals surface area contributed by atoms with Crippen LogP contribution in [0, 0.1) is 0 Å². The summed E-state index contributed by atoms with van der Waals surface area (Å²) in [5.74, 6) is -0.122. The molecule has 0 radical (unpaired) electrons. The Morgan fingerprint density at radius 1 is 0.882 bits per heavy atom. The SMILES string of the molecule is O=C(Nc1cccc(-c2ccc3nnc(-c4cccnc4)n3n2)c1)c1cccc(C(F)(F)F)c1. The first-order valence-corrected chi connectivity index (χ1v) is 10.1. The lowest BCUT2D eigenvalue weighted by Gasteiger charge is -2.10. The van der Waals surface area contributed by atoms with E-state index < -0.39 is 17.6 Å². The number of rotatable bonds is 4. The fourth-order valence-corrected chi connectivity index (χ4v) is 3.41. The second-order valence-corrected chi connectivity index (χ2v) is 7.37. The number of nitrogens with zero attached hydrogens (tertiary/aromatic N) is 5. The Hall–Kier alpha value is -4.60. The number of fused-ring (bicyclic) bond motifs is 1. The molecule has 0 spiro atoms. The van der Waals surface area contributed by atoms with Gasteiger partial charge in [0.1, 0.15) is 0 Å². The van der Waals surface area contributed by atoms with Crippen molar-refractivity contribution >= 4 is 17.2 Å². The van der Waals surface area contributed by atoms with E-state index >= 15 is 0 Å². The molecule has 0 aliphatic carbocycles. The summed E-state index contributed by atoms with van der Waals surface area (Å²) in [4.78, 5) is 16.7. The van der Waals surface area contributed by atoms with Crippen molar-refractivity contribution in [3.63, 3.8) is 0 Å². The lowest BCUT2D eigenvalue weighted by molar-refractivity contribution is -0.137. The van der Waals surface area contributed by atoms with Gasteiger partial charge in [-0.2, -0.15) is 22.8 Å². The van der Waals surface area contributed by atoms with Crippen LogP contribution in [0.25, 0.3) is 28.3 Å². The summed E-state index contributed by atoms with van der Waals surface area (Å²) in [6, 6.07) is 18.3. The maximum Gasteiger partial charge on any atom is 0.416 e. The first-order valence-electron chi connectivity index (χ1n) is 10.1. The monoisotopic (exact) mass is 460 g/mol. The molecule has 3 aromatic heterocycles. The molecule has 5 aromatic rings. The van der Waals surface area contributed by atoms with Gasteiger partial charge in [-0.15, -0.1) is 10.2 Å². The van der Waals surface area contributed by atoms with Crippen LogP contribution in [0.2, 0.25) is 0 Å². The van der Waals surface area contributed by atoms with Gasteiger partial charge in [0, 0.05) is 34.8 Å². The van der Waals surface area contributed by atoms with Gasteiger partial charge in [0.15, 0.2) is 11.5 Å². The quantitative estimate of drug-likeness (QED) is 0.402. The second kappa shape index (κ2) is 8.39. The molecule has 34 heavy (non-hydrogen) atoms. The number of halogens is 3. The van der Waals surface area contributed by atoms with E-state index in [1.54, 1.807) is 53.3 Å². The van der Waals surface area contributed by atoms with E-state index in [4.69, 9.17) is 0 Å². The predicted octanol–water partition coefficient (Wildman–Crippen LogP) is 5.12. The number of alkyl halides is 3. The highest BCUT2D eigenvalue weighted by Crippen LogP contribution is 2.30. The number of carbonyl (C=O) groups is 1. The lowest BCUT2D eigenvalue weighted by atomic mass is 10.1. The van der Waals surface area contributed by atoms with E-state index in [0.717, 1.165) is 17.7 Å². The van der Waals surface area contributed by atoms with Crippen molar-refractivity contribution < 1.29 is 18.0 Å². The van der Waals surface area contributed by atoms with Gasteiger partial charge >= 0.3 is 6.18 Å². The second-order valence-electron chi connectivity index (χ2n) is 7.37. The van der Waals surface area contributed by atoms with Gasteiger partial charge in [0.2, 0.25) is 0 Å². The fraction of sp³-hybridized carbons (Fsp3) is 0.0417. The summed E-state index contributed by atoms with van der Waals surface area (Å²) < 4.78 is 40.5. The van der Waals surface area contributed by atoms with E-state index in [1.165, 1.54) is 12.1 Å². The Morgan fingerprint density at radius 3 is 2.50 bits per heavy atom. The van der Waals surface area contributed by atoms with Gasteiger partial charge in [-0.05, 0) is 54.6 Å². The zero-order valence-electron chi connectivity index (χ0n) is 17.4. The molecule has 1 N–H and O–H groups in total. The van der Waals surface area contributed by atoms with Crippen LogP contribution in [0.4, 0.5) is 18.9 Å². The molecule has 0 bridgehead atoms. The minimum atomic E-state index is -4.53. The molecule has 0 aliphatic rings. The van der Waals surface area contributed by atoms with Crippen LogP contribution in [-0.2, 0) is 6.18 Å². The van der Waals surface area contributed by atoms with Gasteiger partial charge in [-0.25, -0.2) is 0 Å². The molecule has 3 heterocycles. The Kier molecular flexibility index (Phi) is 5.25. The maximum atomic E-state index is 13.0. The fourth-order valence-electron chi connectivity index (χ4n) is 3.41. The van der Waals surface area contributed by atoms with E-state index in [2.05, 4.69) is 25.6 Å². The number of hydrogen-bond donors (Lipinski definition) is 1. The number of aromatic nitrogens is 5. The summed E-state index contributed by atoms with van der Waals surface area (Å²) in [5.41, 5.74) is 2.02. The van der Waals surface area contributed by atoms with Crippen LogP contribution in [-0.4, -0.2) is 30.7 Å². The molecular weight excluding hydrogens is 445 g/mol. The van der Waals surface area contributed by atoms with Gasteiger partial charge in [0.25, 0.3) is 5.91 Å². The third kappa shape index (κ3) is 4.20. The summed E-state index contributed by atoms with van der Waals surface area (Å²) in [6.45, 7) is 0. The Balaban J connectivity index is 1.44. The van der Waals surface area contributed by atoms with Crippen LogP contribution in [0.3, 0.4) is 0 Å². The number of carbonyl (C=O) groups excluding carboxylic acids is 1. The van der Waals surface area contributed by atoms with Crippen molar-refractivity contribution in [1.29, 1.82) is 0 Å². The van der Waals surface area contributed by atoms with Crippen LogP contribution < -0.4 is 5.32 Å². The van der Waals surface area contributed by atoms with Crippen LogP contribution in [0.5, 0.6) is 0 Å². The smallest absolute Gasteiger partial charge is 0.322 e. The van der Waals surface area contributed by atoms with Gasteiger partial charge in [0.05, 0.1) is 11.3 Å². The number of hydrogen-bond acceptors (Lipinski definition) is 5. The van der Waals surface area contributed by atoms with E-state index in [9.17, 15) is 18.0 Å². The number of anilines is 1. The molecule has 0 atom stereocenters. The van der Waals surface area contributed by atoms with Crippen LogP contribution in [0.1, 0.15) is 15.9 Å². The van der Waals surface area contributed by atoms with Gasteiger partial charge in [-0.3, -0.25) is 9.78 Å². The first-order chi connectivity index (χ1) is 16.4. The Labute approximate surface area is 190 Å². The normalized spacial score (nSPS) is 11.5. The summed E-state index contributed by atoms with van der Waals surface area (Å²) in [7, 11) is 0. The van der Waals surface area contributed by atoms with Crippen molar-refractivity contribution in [2.24, 2.45) is 0 Å². The summed E-state index contributed by atoms with van der Waals surface area (Å²) >= 11 is 0. The lowest BCUT2D eigenvalue weighted by Crippen LogP contribution is -2.14. The highest BCUT2D eigenvalue weighted by atomic mass is 19.4.